The fraction of sp³-hybridized carbons (Fsp3) is 0.455. The van der Waals surface area contributed by atoms with Crippen LogP contribution in [0.1, 0.15) is 18.6 Å². The van der Waals surface area contributed by atoms with Crippen LogP contribution in [0, 0.1) is 0 Å². The van der Waals surface area contributed by atoms with E-state index in [-0.39, 0.29) is 13.2 Å². The zero-order valence-electron chi connectivity index (χ0n) is 9.97. The Kier molecular flexibility index (Phi) is 4.14. The maximum Gasteiger partial charge on any atom is 0.495 e. The van der Waals surface area contributed by atoms with E-state index in [1.165, 1.54) is 0 Å². The van der Waals surface area contributed by atoms with E-state index in [4.69, 9.17) is 26.7 Å². The largest absolute Gasteiger partial charge is 0.495 e. The van der Waals surface area contributed by atoms with Crippen molar-refractivity contribution < 1.29 is 19.5 Å². The normalized spacial score (nSPS) is 19.8. The molecule has 18 heavy (non-hydrogen) atoms. The van der Waals surface area contributed by atoms with Crippen LogP contribution in [-0.4, -0.2) is 36.5 Å². The maximum atomic E-state index is 9.87. The molecular weight excluding hydrogens is 256 g/mol. The first kappa shape index (κ1) is 13.6. The quantitative estimate of drug-likeness (QED) is 0.662. The van der Waals surface area contributed by atoms with E-state index in [2.05, 4.69) is 0 Å². The molecule has 1 aliphatic rings. The SMILES string of the molecule is CC(O)COc1ccc(Cl)c2c1B(O)O[C@@H]2CN. The number of aliphatic hydroxyl groups is 1. The summed E-state index contributed by atoms with van der Waals surface area (Å²) in [6.07, 6.45) is -1.03. The van der Waals surface area contributed by atoms with Crippen molar-refractivity contribution in [1.82, 2.24) is 0 Å². The van der Waals surface area contributed by atoms with E-state index in [1.807, 2.05) is 0 Å². The van der Waals surface area contributed by atoms with E-state index in [0.717, 1.165) is 0 Å². The Morgan fingerprint density at radius 3 is 2.94 bits per heavy atom. The second-order valence-corrected chi connectivity index (χ2v) is 4.65. The van der Waals surface area contributed by atoms with Crippen LogP contribution in [0.25, 0.3) is 0 Å². The predicted molar refractivity (Wildman–Crippen MR) is 69.1 cm³/mol. The summed E-state index contributed by atoms with van der Waals surface area (Å²) in [7, 11) is -1.10. The number of benzene rings is 1. The fourth-order valence-corrected chi connectivity index (χ4v) is 2.26. The van der Waals surface area contributed by atoms with Crippen molar-refractivity contribution in [2.75, 3.05) is 13.2 Å². The van der Waals surface area contributed by atoms with Gasteiger partial charge in [-0.05, 0) is 19.1 Å². The number of hydrogen-bond donors (Lipinski definition) is 3. The molecule has 0 bridgehead atoms. The summed E-state index contributed by atoms with van der Waals surface area (Å²) in [5, 5.41) is 19.6. The van der Waals surface area contributed by atoms with Gasteiger partial charge in [0.15, 0.2) is 0 Å². The summed E-state index contributed by atoms with van der Waals surface area (Å²) in [5.74, 6) is 0.457. The summed E-state index contributed by atoms with van der Waals surface area (Å²) < 4.78 is 10.8. The number of hydrogen-bond acceptors (Lipinski definition) is 5. The highest BCUT2D eigenvalue weighted by Crippen LogP contribution is 2.32. The molecule has 0 saturated heterocycles. The Morgan fingerprint density at radius 1 is 1.61 bits per heavy atom. The van der Waals surface area contributed by atoms with Gasteiger partial charge >= 0.3 is 7.12 Å². The Bertz CT molecular complexity index is 443. The molecule has 1 aromatic carbocycles. The molecule has 1 unspecified atom stereocenters. The van der Waals surface area contributed by atoms with Crippen molar-refractivity contribution in [3.05, 3.63) is 22.7 Å². The Morgan fingerprint density at radius 2 is 2.33 bits per heavy atom. The number of halogens is 1. The Labute approximate surface area is 111 Å². The molecule has 98 valence electrons. The molecule has 4 N–H and O–H groups in total. The minimum atomic E-state index is -1.10. The highest BCUT2D eigenvalue weighted by molar-refractivity contribution is 6.63. The second kappa shape index (κ2) is 5.46. The van der Waals surface area contributed by atoms with E-state index in [0.29, 0.717) is 21.8 Å². The molecule has 7 heteroatoms. The summed E-state index contributed by atoms with van der Waals surface area (Å²) in [5.41, 5.74) is 6.74. The van der Waals surface area contributed by atoms with Crippen molar-refractivity contribution in [3.63, 3.8) is 0 Å². The Balaban J connectivity index is 2.36. The number of ether oxygens (including phenoxy) is 1. The summed E-state index contributed by atoms with van der Waals surface area (Å²) >= 11 is 6.09. The molecular formula is C11H15BClNO4. The van der Waals surface area contributed by atoms with Crippen LogP contribution < -0.4 is 15.9 Å². The minimum absolute atomic E-state index is 0.133. The van der Waals surface area contributed by atoms with Crippen molar-refractivity contribution in [1.29, 1.82) is 0 Å². The van der Waals surface area contributed by atoms with Crippen LogP contribution in [0.5, 0.6) is 5.75 Å². The third-order valence-electron chi connectivity index (χ3n) is 2.75. The molecule has 2 rings (SSSR count). The van der Waals surface area contributed by atoms with Gasteiger partial charge in [0.05, 0.1) is 12.2 Å². The highest BCUT2D eigenvalue weighted by Gasteiger charge is 2.39. The molecule has 0 aliphatic carbocycles. The average molecular weight is 272 g/mol. The van der Waals surface area contributed by atoms with Gasteiger partial charge < -0.3 is 25.3 Å². The molecule has 1 heterocycles. The Hall–Kier alpha value is -0.785. The van der Waals surface area contributed by atoms with E-state index >= 15 is 0 Å². The molecule has 5 nitrogen and oxygen atoms in total. The van der Waals surface area contributed by atoms with Crippen LogP contribution in [0.3, 0.4) is 0 Å². The number of rotatable bonds is 4. The molecule has 0 saturated carbocycles. The smallest absolute Gasteiger partial charge is 0.491 e. The first-order chi connectivity index (χ1) is 8.54. The molecule has 1 aromatic rings. The second-order valence-electron chi connectivity index (χ2n) is 4.25. The molecule has 0 fully saturated rings. The zero-order chi connectivity index (χ0) is 13.3. The van der Waals surface area contributed by atoms with Gasteiger partial charge in [0, 0.05) is 22.6 Å². The zero-order valence-corrected chi connectivity index (χ0v) is 10.7. The molecule has 0 spiro atoms. The van der Waals surface area contributed by atoms with Crippen LogP contribution in [-0.2, 0) is 4.65 Å². The van der Waals surface area contributed by atoms with Gasteiger partial charge in [-0.1, -0.05) is 11.6 Å². The van der Waals surface area contributed by atoms with Crippen LogP contribution in [0.2, 0.25) is 5.02 Å². The molecule has 2 atom stereocenters. The lowest BCUT2D eigenvalue weighted by Crippen LogP contribution is -2.31. The first-order valence-corrected chi connectivity index (χ1v) is 6.09. The standard InChI is InChI=1S/C11H15BClNO4/c1-6(15)5-17-8-3-2-7(13)10-9(4-14)18-12(16)11(8)10/h2-3,6,9,15-16H,4-5,14H2,1H3/t6?,9-/m1/s1. The lowest BCUT2D eigenvalue weighted by molar-refractivity contribution is 0.123. The van der Waals surface area contributed by atoms with E-state index in [1.54, 1.807) is 19.1 Å². The minimum Gasteiger partial charge on any atom is -0.491 e. The van der Waals surface area contributed by atoms with Gasteiger partial charge in [-0.3, -0.25) is 0 Å². The van der Waals surface area contributed by atoms with Gasteiger partial charge in [0.1, 0.15) is 12.4 Å². The van der Waals surface area contributed by atoms with Crippen molar-refractivity contribution in [2.24, 2.45) is 5.73 Å². The third-order valence-corrected chi connectivity index (χ3v) is 3.08. The number of aliphatic hydroxyl groups excluding tert-OH is 1. The van der Waals surface area contributed by atoms with E-state index in [9.17, 15) is 10.1 Å². The highest BCUT2D eigenvalue weighted by atomic mass is 35.5. The summed E-state index contributed by atoms with van der Waals surface area (Å²) in [4.78, 5) is 0. The monoisotopic (exact) mass is 271 g/mol. The lowest BCUT2D eigenvalue weighted by atomic mass is 9.78. The van der Waals surface area contributed by atoms with Gasteiger partial charge in [-0.15, -0.1) is 0 Å². The van der Waals surface area contributed by atoms with Gasteiger partial charge in [0.25, 0.3) is 0 Å². The van der Waals surface area contributed by atoms with Crippen molar-refractivity contribution >= 4 is 24.2 Å². The topological polar surface area (TPSA) is 84.9 Å². The maximum absolute atomic E-state index is 9.87. The predicted octanol–water partition coefficient (Wildman–Crippen LogP) is -0.183. The van der Waals surface area contributed by atoms with Gasteiger partial charge in [-0.25, -0.2) is 0 Å². The fourth-order valence-electron chi connectivity index (χ4n) is 1.97. The summed E-state index contributed by atoms with van der Waals surface area (Å²) in [6, 6.07) is 3.32. The summed E-state index contributed by atoms with van der Waals surface area (Å²) in [6.45, 7) is 1.98. The van der Waals surface area contributed by atoms with Crippen molar-refractivity contribution in [2.45, 2.75) is 19.1 Å². The molecule has 0 radical (unpaired) electrons. The van der Waals surface area contributed by atoms with Gasteiger partial charge in [0.2, 0.25) is 0 Å². The van der Waals surface area contributed by atoms with Crippen molar-refractivity contribution in [3.8, 4) is 5.75 Å². The van der Waals surface area contributed by atoms with Crippen LogP contribution in [0.15, 0.2) is 12.1 Å². The first-order valence-electron chi connectivity index (χ1n) is 5.71. The van der Waals surface area contributed by atoms with Gasteiger partial charge in [-0.2, -0.15) is 0 Å². The van der Waals surface area contributed by atoms with E-state index < -0.39 is 19.3 Å². The number of fused-ring (bicyclic) bond motifs is 1. The molecule has 0 amide bonds. The molecule has 1 aliphatic heterocycles. The van der Waals surface area contributed by atoms with Crippen LogP contribution >= 0.6 is 11.6 Å². The third kappa shape index (κ3) is 2.48. The molecule has 0 aromatic heterocycles. The lowest BCUT2D eigenvalue weighted by Gasteiger charge is -2.14. The van der Waals surface area contributed by atoms with Crippen LogP contribution in [0.4, 0.5) is 0 Å². The average Bonchev–Trinajstić information content (AvgIpc) is 2.67. The number of nitrogens with two attached hydrogens (primary N) is 1.